The van der Waals surface area contributed by atoms with Crippen LogP contribution in [0.15, 0.2) is 48.5 Å². The molecule has 90 valence electrons. The number of rotatable bonds is 2. The number of hydrogen-bond donors (Lipinski definition) is 1. The van der Waals surface area contributed by atoms with Gasteiger partial charge in [-0.25, -0.2) is 0 Å². The summed E-state index contributed by atoms with van der Waals surface area (Å²) in [6.07, 6.45) is 0. The Kier molecular flexibility index (Phi) is 5.44. The number of benzene rings is 2. The van der Waals surface area contributed by atoms with Gasteiger partial charge in [0.25, 0.3) is 0 Å². The van der Waals surface area contributed by atoms with Gasteiger partial charge in [-0.05, 0) is 23.6 Å². The smallest absolute Gasteiger partial charge is 0.0681 e. The van der Waals surface area contributed by atoms with Crippen LogP contribution in [0.4, 0.5) is 0 Å². The Morgan fingerprint density at radius 3 is 1.59 bits per heavy atom. The lowest BCUT2D eigenvalue weighted by molar-refractivity contribution is 0.282. The Morgan fingerprint density at radius 1 is 0.765 bits per heavy atom. The fourth-order valence-electron chi connectivity index (χ4n) is 1.55. The summed E-state index contributed by atoms with van der Waals surface area (Å²) < 4.78 is 0. The summed E-state index contributed by atoms with van der Waals surface area (Å²) in [6.45, 7) is 6.19. The largest absolute Gasteiger partial charge is 0.392 e. The third-order valence-electron chi connectivity index (χ3n) is 2.52. The molecule has 1 N–H and O–H groups in total. The van der Waals surface area contributed by atoms with Gasteiger partial charge < -0.3 is 5.11 Å². The predicted octanol–water partition coefficient (Wildman–Crippen LogP) is 4.18. The molecule has 17 heavy (non-hydrogen) atoms. The van der Waals surface area contributed by atoms with Crippen molar-refractivity contribution in [2.24, 2.45) is 0 Å². The van der Waals surface area contributed by atoms with Crippen LogP contribution in [0.3, 0.4) is 0 Å². The molecule has 0 aliphatic rings. The molecule has 0 amide bonds. The Hall–Kier alpha value is -1.60. The van der Waals surface area contributed by atoms with Gasteiger partial charge in [0, 0.05) is 0 Å². The lowest BCUT2D eigenvalue weighted by atomic mass is 10.0. The molecule has 0 aromatic heterocycles. The van der Waals surface area contributed by atoms with Crippen LogP contribution in [0.25, 0.3) is 11.1 Å². The predicted molar refractivity (Wildman–Crippen MR) is 73.9 cm³/mol. The zero-order valence-electron chi connectivity index (χ0n) is 10.8. The molecule has 0 bridgehead atoms. The highest BCUT2D eigenvalue weighted by Crippen LogP contribution is 2.20. The van der Waals surface area contributed by atoms with Gasteiger partial charge in [0.2, 0.25) is 0 Å². The minimum Gasteiger partial charge on any atom is -0.392 e. The number of hydrogen-bond acceptors (Lipinski definition) is 1. The van der Waals surface area contributed by atoms with Crippen LogP contribution in [0.1, 0.15) is 25.0 Å². The van der Waals surface area contributed by atoms with Crippen LogP contribution in [-0.4, -0.2) is 5.11 Å². The summed E-state index contributed by atoms with van der Waals surface area (Å²) in [4.78, 5) is 0. The lowest BCUT2D eigenvalue weighted by Crippen LogP contribution is -1.83. The first kappa shape index (κ1) is 13.5. The van der Waals surface area contributed by atoms with Gasteiger partial charge in [0.15, 0.2) is 0 Å². The molecule has 1 nitrogen and oxygen atoms in total. The molecular weight excluding hydrogens is 208 g/mol. The minimum atomic E-state index is 0.105. The molecule has 0 aliphatic heterocycles. The van der Waals surface area contributed by atoms with Crippen LogP contribution in [-0.2, 0) is 6.61 Å². The van der Waals surface area contributed by atoms with E-state index in [-0.39, 0.29) is 6.61 Å². The molecule has 0 saturated carbocycles. The lowest BCUT2D eigenvalue weighted by Gasteiger charge is -2.03. The fraction of sp³-hybridized carbons (Fsp3) is 0.250. The van der Waals surface area contributed by atoms with Gasteiger partial charge in [0.05, 0.1) is 6.61 Å². The van der Waals surface area contributed by atoms with Gasteiger partial charge in [-0.2, -0.15) is 0 Å². The van der Waals surface area contributed by atoms with E-state index in [4.69, 9.17) is 5.11 Å². The second-order valence-corrected chi connectivity index (χ2v) is 3.72. The monoisotopic (exact) mass is 228 g/mol. The van der Waals surface area contributed by atoms with E-state index in [0.717, 1.165) is 5.56 Å². The summed E-state index contributed by atoms with van der Waals surface area (Å²) in [6, 6.07) is 16.4. The molecule has 1 heteroatoms. The second kappa shape index (κ2) is 6.87. The summed E-state index contributed by atoms with van der Waals surface area (Å²) in [7, 11) is 0. The molecule has 0 aliphatic carbocycles. The molecule has 2 rings (SSSR count). The van der Waals surface area contributed by atoms with Gasteiger partial charge in [-0.1, -0.05) is 67.9 Å². The molecule has 0 radical (unpaired) electrons. The van der Waals surface area contributed by atoms with Gasteiger partial charge >= 0.3 is 0 Å². The first-order valence-electron chi connectivity index (χ1n) is 6.06. The third-order valence-corrected chi connectivity index (χ3v) is 2.52. The highest BCUT2D eigenvalue weighted by molar-refractivity contribution is 5.63. The van der Waals surface area contributed by atoms with E-state index in [1.54, 1.807) is 0 Å². The molecule has 0 atom stereocenters. The highest BCUT2D eigenvalue weighted by atomic mass is 16.3. The van der Waals surface area contributed by atoms with Crippen molar-refractivity contribution in [1.29, 1.82) is 0 Å². The second-order valence-electron chi connectivity index (χ2n) is 3.72. The highest BCUT2D eigenvalue weighted by Gasteiger charge is 1.96. The van der Waals surface area contributed by atoms with E-state index in [0.29, 0.717) is 0 Å². The summed E-state index contributed by atoms with van der Waals surface area (Å²) in [5.74, 6) is 0. The van der Waals surface area contributed by atoms with E-state index in [9.17, 15) is 0 Å². The number of aryl methyl sites for hydroxylation is 1. The maximum absolute atomic E-state index is 8.94. The van der Waals surface area contributed by atoms with E-state index in [1.807, 2.05) is 38.1 Å². The van der Waals surface area contributed by atoms with Crippen molar-refractivity contribution in [2.75, 3.05) is 0 Å². The molecule has 0 heterocycles. The van der Waals surface area contributed by atoms with Crippen molar-refractivity contribution in [2.45, 2.75) is 27.4 Å². The van der Waals surface area contributed by atoms with Crippen molar-refractivity contribution < 1.29 is 5.11 Å². The van der Waals surface area contributed by atoms with E-state index >= 15 is 0 Å². The quantitative estimate of drug-likeness (QED) is 0.817. The van der Waals surface area contributed by atoms with E-state index in [2.05, 4.69) is 31.2 Å². The number of aliphatic hydroxyl groups is 1. The Bertz CT molecular complexity index is 426. The molecule has 0 saturated heterocycles. The average molecular weight is 228 g/mol. The first-order chi connectivity index (χ1) is 8.29. The van der Waals surface area contributed by atoms with Gasteiger partial charge in [0.1, 0.15) is 0 Å². The van der Waals surface area contributed by atoms with Crippen LogP contribution < -0.4 is 0 Å². The van der Waals surface area contributed by atoms with E-state index < -0.39 is 0 Å². The summed E-state index contributed by atoms with van der Waals surface area (Å²) >= 11 is 0. The van der Waals surface area contributed by atoms with Crippen molar-refractivity contribution >= 4 is 0 Å². The topological polar surface area (TPSA) is 20.2 Å². The molecule has 0 spiro atoms. The van der Waals surface area contributed by atoms with Gasteiger partial charge in [-0.15, -0.1) is 0 Å². The van der Waals surface area contributed by atoms with Crippen molar-refractivity contribution in [3.63, 3.8) is 0 Å². The minimum absolute atomic E-state index is 0.105. The van der Waals surface area contributed by atoms with Crippen molar-refractivity contribution in [1.82, 2.24) is 0 Å². The normalized spacial score (nSPS) is 9.41. The van der Waals surface area contributed by atoms with Crippen LogP contribution in [0.2, 0.25) is 0 Å². The summed E-state index contributed by atoms with van der Waals surface area (Å²) in [5.41, 5.74) is 4.62. The SMILES string of the molecule is CC.Cc1ccc(-c2ccc(CO)cc2)cc1. The third kappa shape index (κ3) is 3.72. The molecular formula is C16H20O. The van der Waals surface area contributed by atoms with Crippen molar-refractivity contribution in [3.8, 4) is 11.1 Å². The molecule has 2 aromatic carbocycles. The number of aliphatic hydroxyl groups excluding tert-OH is 1. The van der Waals surface area contributed by atoms with Crippen LogP contribution in [0.5, 0.6) is 0 Å². The molecule has 0 fully saturated rings. The first-order valence-corrected chi connectivity index (χ1v) is 6.06. The average Bonchev–Trinajstić information content (AvgIpc) is 2.42. The Balaban J connectivity index is 0.000000686. The standard InChI is InChI=1S/C14H14O.C2H6/c1-11-2-6-13(7-3-11)14-8-4-12(10-15)5-9-14;1-2/h2-9,15H,10H2,1H3;1-2H3. The Labute approximate surface area is 104 Å². The maximum Gasteiger partial charge on any atom is 0.0681 e. The maximum atomic E-state index is 8.94. The van der Waals surface area contributed by atoms with Crippen LogP contribution in [0, 0.1) is 6.92 Å². The molecule has 2 aromatic rings. The fourth-order valence-corrected chi connectivity index (χ4v) is 1.55. The van der Waals surface area contributed by atoms with Crippen molar-refractivity contribution in [3.05, 3.63) is 59.7 Å². The van der Waals surface area contributed by atoms with Gasteiger partial charge in [-0.3, -0.25) is 0 Å². The zero-order chi connectivity index (χ0) is 12.7. The molecule has 0 unspecified atom stereocenters. The van der Waals surface area contributed by atoms with E-state index in [1.165, 1.54) is 16.7 Å². The summed E-state index contributed by atoms with van der Waals surface area (Å²) in [5, 5.41) is 8.94. The van der Waals surface area contributed by atoms with Crippen LogP contribution >= 0.6 is 0 Å². The zero-order valence-corrected chi connectivity index (χ0v) is 10.8. The Morgan fingerprint density at radius 2 is 1.18 bits per heavy atom.